The predicted molar refractivity (Wildman–Crippen MR) is 79.9 cm³/mol. The molecule has 0 radical (unpaired) electrons. The van der Waals surface area contributed by atoms with E-state index in [0.717, 1.165) is 30.0 Å². The van der Waals surface area contributed by atoms with Crippen molar-refractivity contribution in [2.75, 3.05) is 18.8 Å². The molecule has 1 amide bonds. The zero-order valence-electron chi connectivity index (χ0n) is 11.1. The number of amides is 1. The van der Waals surface area contributed by atoms with Crippen LogP contribution in [0, 0.1) is 5.92 Å². The fourth-order valence-corrected chi connectivity index (χ4v) is 4.98. The Labute approximate surface area is 122 Å². The second-order valence-electron chi connectivity index (χ2n) is 5.45. The summed E-state index contributed by atoms with van der Waals surface area (Å²) in [5.41, 5.74) is 1.34. The topological polar surface area (TPSA) is 40.5 Å². The molecule has 2 aliphatic rings. The number of nitrogens with zero attached hydrogens (tertiary/aromatic N) is 1. The molecular formula is C14H19NO2S2. The van der Waals surface area contributed by atoms with Crippen LogP contribution in [0.2, 0.25) is 0 Å². The van der Waals surface area contributed by atoms with Gasteiger partial charge in [-0.15, -0.1) is 11.3 Å². The van der Waals surface area contributed by atoms with Gasteiger partial charge in [0.2, 0.25) is 0 Å². The fraction of sp³-hybridized carbons (Fsp3) is 0.643. The summed E-state index contributed by atoms with van der Waals surface area (Å²) in [7, 11) is 0. The van der Waals surface area contributed by atoms with Crippen LogP contribution in [0.15, 0.2) is 6.07 Å². The molecule has 1 aromatic rings. The molecule has 3 heterocycles. The highest BCUT2D eigenvalue weighted by atomic mass is 32.2. The molecule has 1 N–H and O–H groups in total. The number of carbonyl (C=O) groups excluding carboxylic acids is 1. The van der Waals surface area contributed by atoms with E-state index in [9.17, 15) is 9.90 Å². The number of likely N-dealkylation sites (tertiary alicyclic amines) is 1. The number of thioether (sulfide) groups is 1. The van der Waals surface area contributed by atoms with E-state index in [0.29, 0.717) is 12.5 Å². The first-order valence-electron chi connectivity index (χ1n) is 6.82. The monoisotopic (exact) mass is 297 g/mol. The first-order valence-corrected chi connectivity index (χ1v) is 8.79. The van der Waals surface area contributed by atoms with Gasteiger partial charge in [-0.2, -0.15) is 11.8 Å². The van der Waals surface area contributed by atoms with Gasteiger partial charge in [-0.1, -0.05) is 6.92 Å². The summed E-state index contributed by atoms with van der Waals surface area (Å²) < 4.78 is 0. The maximum atomic E-state index is 12.5. The third-order valence-electron chi connectivity index (χ3n) is 4.04. The minimum atomic E-state index is -0.372. The van der Waals surface area contributed by atoms with Crippen LogP contribution in [-0.2, 0) is 12.2 Å². The predicted octanol–water partition coefficient (Wildman–Crippen LogP) is 2.38. The lowest BCUT2D eigenvalue weighted by atomic mass is 9.96. The zero-order chi connectivity index (χ0) is 13.4. The number of fused-ring (bicyclic) bond motifs is 1. The highest BCUT2D eigenvalue weighted by molar-refractivity contribution is 7.98. The minimum Gasteiger partial charge on any atom is -0.391 e. The highest BCUT2D eigenvalue weighted by Crippen LogP contribution is 2.32. The third-order valence-corrected chi connectivity index (χ3v) is 6.28. The normalized spacial score (nSPS) is 27.2. The van der Waals surface area contributed by atoms with Crippen molar-refractivity contribution in [2.45, 2.75) is 31.6 Å². The molecule has 0 spiro atoms. The van der Waals surface area contributed by atoms with Crippen molar-refractivity contribution in [3.8, 4) is 0 Å². The number of β-amino-alcohol motifs (C(OH)–C–C–N with tert-alkyl or cyclic N) is 1. The van der Waals surface area contributed by atoms with E-state index >= 15 is 0 Å². The minimum absolute atomic E-state index is 0.107. The van der Waals surface area contributed by atoms with Gasteiger partial charge >= 0.3 is 0 Å². The Morgan fingerprint density at radius 2 is 2.37 bits per heavy atom. The van der Waals surface area contributed by atoms with Gasteiger partial charge in [0.05, 0.1) is 11.0 Å². The van der Waals surface area contributed by atoms with Crippen molar-refractivity contribution in [3.63, 3.8) is 0 Å². The Morgan fingerprint density at radius 1 is 1.53 bits per heavy atom. The van der Waals surface area contributed by atoms with Gasteiger partial charge in [-0.3, -0.25) is 4.79 Å². The van der Waals surface area contributed by atoms with Crippen LogP contribution in [0.25, 0.3) is 0 Å². The number of hydrogen-bond donors (Lipinski definition) is 1. The number of thiophene rings is 1. The van der Waals surface area contributed by atoms with Crippen LogP contribution in [-0.4, -0.2) is 40.9 Å². The summed E-state index contributed by atoms with van der Waals surface area (Å²) in [5.74, 6) is 2.62. The fourth-order valence-electron chi connectivity index (χ4n) is 2.64. The van der Waals surface area contributed by atoms with E-state index in [1.165, 1.54) is 16.2 Å². The quantitative estimate of drug-likeness (QED) is 0.865. The van der Waals surface area contributed by atoms with Crippen molar-refractivity contribution < 1.29 is 9.90 Å². The molecule has 2 atom stereocenters. The van der Waals surface area contributed by atoms with Crippen molar-refractivity contribution in [3.05, 3.63) is 21.4 Å². The van der Waals surface area contributed by atoms with Crippen LogP contribution >= 0.6 is 23.1 Å². The molecule has 1 aromatic heterocycles. The molecule has 2 unspecified atom stereocenters. The molecule has 0 aromatic carbocycles. The van der Waals surface area contributed by atoms with Gasteiger partial charge in [-0.25, -0.2) is 0 Å². The van der Waals surface area contributed by atoms with Crippen molar-refractivity contribution in [1.29, 1.82) is 0 Å². The van der Waals surface area contributed by atoms with Gasteiger partial charge < -0.3 is 10.0 Å². The SMILES string of the molecule is CC1CCN(C(=O)c2cc3c(s2)CCSC3)CC1O. The Morgan fingerprint density at radius 3 is 3.11 bits per heavy atom. The molecule has 104 valence electrons. The number of aliphatic hydroxyl groups excluding tert-OH is 1. The summed E-state index contributed by atoms with van der Waals surface area (Å²) in [6, 6.07) is 2.07. The van der Waals surface area contributed by atoms with Crippen LogP contribution < -0.4 is 0 Å². The Hall–Kier alpha value is -0.520. The Kier molecular flexibility index (Phi) is 3.87. The van der Waals surface area contributed by atoms with E-state index < -0.39 is 0 Å². The molecule has 3 rings (SSSR count). The average Bonchev–Trinajstić information content (AvgIpc) is 2.85. The second-order valence-corrected chi connectivity index (χ2v) is 7.69. The summed E-state index contributed by atoms with van der Waals surface area (Å²) in [4.78, 5) is 16.5. The first kappa shape index (κ1) is 13.5. The van der Waals surface area contributed by atoms with Crippen molar-refractivity contribution >= 4 is 29.0 Å². The van der Waals surface area contributed by atoms with Gasteiger partial charge in [0, 0.05) is 23.7 Å². The molecule has 1 saturated heterocycles. The van der Waals surface area contributed by atoms with Gasteiger partial charge in [0.25, 0.3) is 5.91 Å². The summed E-state index contributed by atoms with van der Waals surface area (Å²) in [5, 5.41) is 9.91. The van der Waals surface area contributed by atoms with E-state index in [2.05, 4.69) is 6.07 Å². The van der Waals surface area contributed by atoms with Crippen molar-refractivity contribution in [2.24, 2.45) is 5.92 Å². The third kappa shape index (κ3) is 2.69. The van der Waals surface area contributed by atoms with Gasteiger partial charge in [-0.05, 0) is 36.1 Å². The molecule has 0 saturated carbocycles. The summed E-state index contributed by atoms with van der Waals surface area (Å²) in [6.45, 7) is 3.30. The van der Waals surface area contributed by atoms with Gasteiger partial charge in [0.1, 0.15) is 0 Å². The number of rotatable bonds is 1. The van der Waals surface area contributed by atoms with Crippen LogP contribution in [0.4, 0.5) is 0 Å². The van der Waals surface area contributed by atoms with Crippen LogP contribution in [0.5, 0.6) is 0 Å². The van der Waals surface area contributed by atoms with E-state index in [-0.39, 0.29) is 12.0 Å². The maximum Gasteiger partial charge on any atom is 0.264 e. The van der Waals surface area contributed by atoms with E-state index in [1.54, 1.807) is 11.3 Å². The summed E-state index contributed by atoms with van der Waals surface area (Å²) >= 11 is 3.59. The number of carbonyl (C=O) groups is 1. The molecule has 2 aliphatic heterocycles. The molecule has 1 fully saturated rings. The lowest BCUT2D eigenvalue weighted by molar-refractivity contribution is 0.0251. The van der Waals surface area contributed by atoms with E-state index in [4.69, 9.17) is 0 Å². The van der Waals surface area contributed by atoms with Crippen molar-refractivity contribution in [1.82, 2.24) is 4.90 Å². The summed E-state index contributed by atoms with van der Waals surface area (Å²) in [6.07, 6.45) is 1.62. The second kappa shape index (κ2) is 5.46. The smallest absolute Gasteiger partial charge is 0.264 e. The lowest BCUT2D eigenvalue weighted by Crippen LogP contribution is -2.45. The average molecular weight is 297 g/mol. The maximum absolute atomic E-state index is 12.5. The van der Waals surface area contributed by atoms with Crippen LogP contribution in [0.1, 0.15) is 33.5 Å². The standard InChI is InChI=1S/C14H19NO2S2/c1-9-2-4-15(7-11(9)16)14(17)13-6-10-8-18-5-3-12(10)19-13/h6,9,11,16H,2-5,7-8H2,1H3. The molecule has 3 nitrogen and oxygen atoms in total. The molecule has 19 heavy (non-hydrogen) atoms. The van der Waals surface area contributed by atoms with Crippen LogP contribution in [0.3, 0.4) is 0 Å². The number of aryl methyl sites for hydroxylation is 1. The molecular weight excluding hydrogens is 278 g/mol. The lowest BCUT2D eigenvalue weighted by Gasteiger charge is -2.34. The largest absolute Gasteiger partial charge is 0.391 e. The van der Waals surface area contributed by atoms with Gasteiger partial charge in [0.15, 0.2) is 0 Å². The molecule has 0 aliphatic carbocycles. The zero-order valence-corrected chi connectivity index (χ0v) is 12.7. The first-order chi connectivity index (χ1) is 9.15. The number of aliphatic hydroxyl groups is 1. The molecule has 5 heteroatoms. The molecule has 0 bridgehead atoms. The Balaban J connectivity index is 1.75. The highest BCUT2D eigenvalue weighted by Gasteiger charge is 2.29. The number of piperidine rings is 1. The van der Waals surface area contributed by atoms with E-state index in [1.807, 2.05) is 23.6 Å². The Bertz CT molecular complexity index is 462. The number of hydrogen-bond acceptors (Lipinski definition) is 4.